The molecule has 0 radical (unpaired) electrons. The molecule has 0 aliphatic heterocycles. The van der Waals surface area contributed by atoms with Gasteiger partial charge in [0, 0.05) is 9.79 Å². The summed E-state index contributed by atoms with van der Waals surface area (Å²) < 4.78 is 4.78. The summed E-state index contributed by atoms with van der Waals surface area (Å²) in [6.07, 6.45) is 2.37. The number of hydrogen-bond donors (Lipinski definition) is 1. The number of esters is 1. The van der Waals surface area contributed by atoms with Crippen LogP contribution in [0, 0.1) is 0 Å². The molecule has 0 aliphatic carbocycles. The average Bonchev–Trinajstić information content (AvgIpc) is 2.50. The van der Waals surface area contributed by atoms with Gasteiger partial charge in [-0.25, -0.2) is 4.79 Å². The molecule has 2 aromatic rings. The van der Waals surface area contributed by atoms with Gasteiger partial charge in [0.1, 0.15) is 5.75 Å². The second-order valence-corrected chi connectivity index (χ2v) is 5.49. The van der Waals surface area contributed by atoms with E-state index in [1.54, 1.807) is 24.3 Å². The molecule has 0 unspecified atom stereocenters. The second kappa shape index (κ2) is 6.99. The number of rotatable bonds is 5. The first-order chi connectivity index (χ1) is 10.2. The SMILES string of the molecule is C=CCc1ccc(Sc2ccccc2C(=O)OC)cc1O. The highest BCUT2D eigenvalue weighted by molar-refractivity contribution is 7.99. The maximum Gasteiger partial charge on any atom is 0.339 e. The van der Waals surface area contributed by atoms with Crippen LogP contribution in [0.5, 0.6) is 5.75 Å². The quantitative estimate of drug-likeness (QED) is 0.668. The lowest BCUT2D eigenvalue weighted by Crippen LogP contribution is -2.02. The molecule has 108 valence electrons. The standard InChI is InChI=1S/C17H16O3S/c1-3-6-12-9-10-13(11-15(12)18)21-16-8-5-4-7-14(16)17(19)20-2/h3-5,7-11,18H,1,6H2,2H3. The summed E-state index contributed by atoms with van der Waals surface area (Å²) in [5.41, 5.74) is 1.34. The van der Waals surface area contributed by atoms with Crippen molar-refractivity contribution < 1.29 is 14.6 Å². The Bertz CT molecular complexity index is 665. The van der Waals surface area contributed by atoms with Crippen LogP contribution in [0.1, 0.15) is 15.9 Å². The molecule has 2 rings (SSSR count). The van der Waals surface area contributed by atoms with E-state index in [4.69, 9.17) is 4.74 Å². The minimum Gasteiger partial charge on any atom is -0.508 e. The maximum atomic E-state index is 11.7. The number of carbonyl (C=O) groups is 1. The van der Waals surface area contributed by atoms with Crippen LogP contribution in [0.2, 0.25) is 0 Å². The monoisotopic (exact) mass is 300 g/mol. The lowest BCUT2D eigenvalue weighted by atomic mass is 10.1. The molecule has 0 atom stereocenters. The molecule has 0 bridgehead atoms. The molecule has 0 amide bonds. The summed E-state index contributed by atoms with van der Waals surface area (Å²) in [6, 6.07) is 12.7. The van der Waals surface area contributed by atoms with Crippen molar-refractivity contribution in [2.75, 3.05) is 7.11 Å². The molecule has 0 heterocycles. The molecule has 0 saturated heterocycles. The number of hydrogen-bond acceptors (Lipinski definition) is 4. The maximum absolute atomic E-state index is 11.7. The van der Waals surface area contributed by atoms with Crippen molar-refractivity contribution in [1.29, 1.82) is 0 Å². The minimum absolute atomic E-state index is 0.232. The van der Waals surface area contributed by atoms with Crippen LogP contribution in [0.4, 0.5) is 0 Å². The zero-order valence-corrected chi connectivity index (χ0v) is 12.5. The van der Waals surface area contributed by atoms with Gasteiger partial charge in [-0.15, -0.1) is 6.58 Å². The van der Waals surface area contributed by atoms with Crippen LogP contribution in [-0.2, 0) is 11.2 Å². The van der Waals surface area contributed by atoms with E-state index in [0.29, 0.717) is 12.0 Å². The molecule has 4 heteroatoms. The average molecular weight is 300 g/mol. The van der Waals surface area contributed by atoms with Crippen LogP contribution in [0.3, 0.4) is 0 Å². The molecule has 0 aromatic heterocycles. The first-order valence-electron chi connectivity index (χ1n) is 6.43. The van der Waals surface area contributed by atoms with Crippen molar-refractivity contribution in [3.05, 3.63) is 66.2 Å². The van der Waals surface area contributed by atoms with Crippen molar-refractivity contribution in [2.45, 2.75) is 16.2 Å². The molecule has 3 nitrogen and oxygen atoms in total. The van der Waals surface area contributed by atoms with Gasteiger partial charge in [0.05, 0.1) is 12.7 Å². The van der Waals surface area contributed by atoms with Crippen molar-refractivity contribution in [2.24, 2.45) is 0 Å². The van der Waals surface area contributed by atoms with E-state index < -0.39 is 0 Å². The Balaban J connectivity index is 2.28. The van der Waals surface area contributed by atoms with E-state index in [-0.39, 0.29) is 11.7 Å². The van der Waals surface area contributed by atoms with E-state index in [0.717, 1.165) is 15.4 Å². The lowest BCUT2D eigenvalue weighted by molar-refractivity contribution is 0.0597. The van der Waals surface area contributed by atoms with Gasteiger partial charge in [-0.05, 0) is 36.2 Å². The van der Waals surface area contributed by atoms with Crippen molar-refractivity contribution in [1.82, 2.24) is 0 Å². The Morgan fingerprint density at radius 1 is 1.33 bits per heavy atom. The number of carbonyl (C=O) groups excluding carboxylic acids is 1. The van der Waals surface area contributed by atoms with Gasteiger partial charge in [-0.2, -0.15) is 0 Å². The Hall–Kier alpha value is -2.20. The Kier molecular flexibility index (Phi) is 5.06. The van der Waals surface area contributed by atoms with Crippen LogP contribution in [0.25, 0.3) is 0 Å². The molecule has 0 spiro atoms. The van der Waals surface area contributed by atoms with E-state index in [1.807, 2.05) is 24.3 Å². The number of allylic oxidation sites excluding steroid dienone is 1. The number of phenols is 1. The Morgan fingerprint density at radius 3 is 2.76 bits per heavy atom. The van der Waals surface area contributed by atoms with E-state index >= 15 is 0 Å². The minimum atomic E-state index is -0.370. The van der Waals surface area contributed by atoms with Gasteiger partial charge in [-0.3, -0.25) is 0 Å². The van der Waals surface area contributed by atoms with Crippen LogP contribution >= 0.6 is 11.8 Å². The number of aromatic hydroxyl groups is 1. The number of methoxy groups -OCH3 is 1. The van der Waals surface area contributed by atoms with Gasteiger partial charge in [-0.1, -0.05) is 36.0 Å². The predicted molar refractivity (Wildman–Crippen MR) is 83.9 cm³/mol. The predicted octanol–water partition coefficient (Wildman–Crippen LogP) is 4.06. The molecule has 1 N–H and O–H groups in total. The topological polar surface area (TPSA) is 46.5 Å². The van der Waals surface area contributed by atoms with Crippen molar-refractivity contribution >= 4 is 17.7 Å². The summed E-state index contributed by atoms with van der Waals surface area (Å²) in [7, 11) is 1.36. The molecule has 2 aromatic carbocycles. The number of ether oxygens (including phenoxy) is 1. The van der Waals surface area contributed by atoms with Crippen molar-refractivity contribution in [3.8, 4) is 5.75 Å². The molecular formula is C17H16O3S. The third-order valence-corrected chi connectivity index (χ3v) is 4.01. The second-order valence-electron chi connectivity index (χ2n) is 4.37. The molecule has 0 aliphatic rings. The summed E-state index contributed by atoms with van der Waals surface area (Å²) in [5, 5.41) is 9.97. The lowest BCUT2D eigenvalue weighted by Gasteiger charge is -2.09. The van der Waals surface area contributed by atoms with Gasteiger partial charge >= 0.3 is 5.97 Å². The summed E-state index contributed by atoms with van der Waals surface area (Å²) in [6.45, 7) is 3.66. The third-order valence-electron chi connectivity index (χ3n) is 2.94. The van der Waals surface area contributed by atoms with Gasteiger partial charge in [0.2, 0.25) is 0 Å². The molecule has 0 saturated carbocycles. The highest BCUT2D eigenvalue weighted by atomic mass is 32.2. The van der Waals surface area contributed by atoms with E-state index in [1.165, 1.54) is 18.9 Å². The molecule has 0 fully saturated rings. The smallest absolute Gasteiger partial charge is 0.339 e. The van der Waals surface area contributed by atoms with Crippen LogP contribution < -0.4 is 0 Å². The fourth-order valence-corrected chi connectivity index (χ4v) is 2.86. The van der Waals surface area contributed by atoms with Gasteiger partial charge in [0.15, 0.2) is 0 Å². The zero-order valence-electron chi connectivity index (χ0n) is 11.7. The fourth-order valence-electron chi connectivity index (χ4n) is 1.90. The van der Waals surface area contributed by atoms with Crippen LogP contribution in [0.15, 0.2) is 64.9 Å². The Morgan fingerprint density at radius 2 is 2.10 bits per heavy atom. The fraction of sp³-hybridized carbons (Fsp3) is 0.118. The van der Waals surface area contributed by atoms with Crippen LogP contribution in [-0.4, -0.2) is 18.2 Å². The van der Waals surface area contributed by atoms with E-state index in [9.17, 15) is 9.90 Å². The van der Waals surface area contributed by atoms with E-state index in [2.05, 4.69) is 6.58 Å². The number of phenolic OH excluding ortho intramolecular Hbond substituents is 1. The van der Waals surface area contributed by atoms with Crippen molar-refractivity contribution in [3.63, 3.8) is 0 Å². The normalized spacial score (nSPS) is 10.1. The van der Waals surface area contributed by atoms with Gasteiger partial charge < -0.3 is 9.84 Å². The highest BCUT2D eigenvalue weighted by Gasteiger charge is 2.12. The molecular weight excluding hydrogens is 284 g/mol. The first-order valence-corrected chi connectivity index (χ1v) is 7.25. The zero-order chi connectivity index (χ0) is 15.2. The van der Waals surface area contributed by atoms with Gasteiger partial charge in [0.25, 0.3) is 0 Å². The summed E-state index contributed by atoms with van der Waals surface area (Å²) in [5.74, 6) is -0.138. The summed E-state index contributed by atoms with van der Waals surface area (Å²) in [4.78, 5) is 13.4. The summed E-state index contributed by atoms with van der Waals surface area (Å²) >= 11 is 1.41. The number of benzene rings is 2. The Labute approximate surface area is 128 Å². The molecule has 21 heavy (non-hydrogen) atoms. The third kappa shape index (κ3) is 3.67. The highest BCUT2D eigenvalue weighted by Crippen LogP contribution is 2.33. The first kappa shape index (κ1) is 15.2. The largest absolute Gasteiger partial charge is 0.508 e.